The summed E-state index contributed by atoms with van der Waals surface area (Å²) < 4.78 is 0. The Morgan fingerprint density at radius 2 is 2.18 bits per heavy atom. The van der Waals surface area contributed by atoms with Crippen molar-refractivity contribution in [3.8, 4) is 6.07 Å². The molecule has 22 heavy (non-hydrogen) atoms. The Morgan fingerprint density at radius 3 is 2.82 bits per heavy atom. The predicted octanol–water partition coefficient (Wildman–Crippen LogP) is 1.97. The molecule has 0 aromatic carbocycles. The summed E-state index contributed by atoms with van der Waals surface area (Å²) in [6.07, 6.45) is 3.29. The maximum Gasteiger partial charge on any atom is 0.255 e. The van der Waals surface area contributed by atoms with Gasteiger partial charge >= 0.3 is 0 Å². The van der Waals surface area contributed by atoms with E-state index < -0.39 is 0 Å². The Morgan fingerprint density at radius 1 is 1.36 bits per heavy atom. The van der Waals surface area contributed by atoms with E-state index in [9.17, 15) is 4.79 Å². The minimum atomic E-state index is 0.0515. The van der Waals surface area contributed by atoms with Crippen LogP contribution in [0.4, 0.5) is 0 Å². The number of carbonyl (C=O) groups excluding carboxylic acids is 1. The monoisotopic (exact) mass is 312 g/mol. The number of nitrogens with zero attached hydrogens (tertiary/aromatic N) is 4. The summed E-state index contributed by atoms with van der Waals surface area (Å²) in [6.45, 7) is 4.01. The molecule has 3 rings (SSSR count). The van der Waals surface area contributed by atoms with Gasteiger partial charge in [-0.15, -0.1) is 11.3 Å². The van der Waals surface area contributed by atoms with Gasteiger partial charge in [0.25, 0.3) is 5.91 Å². The highest BCUT2D eigenvalue weighted by atomic mass is 32.1. The van der Waals surface area contributed by atoms with Crippen molar-refractivity contribution in [2.45, 2.75) is 6.54 Å². The largest absolute Gasteiger partial charge is 0.336 e. The third-order valence-electron chi connectivity index (χ3n) is 3.73. The molecular formula is C16H16N4OS. The van der Waals surface area contributed by atoms with Gasteiger partial charge in [0.2, 0.25) is 0 Å². The van der Waals surface area contributed by atoms with E-state index >= 15 is 0 Å². The zero-order chi connectivity index (χ0) is 15.4. The molecule has 1 fully saturated rings. The van der Waals surface area contributed by atoms with Crippen LogP contribution in [0.5, 0.6) is 0 Å². The van der Waals surface area contributed by atoms with Gasteiger partial charge < -0.3 is 4.90 Å². The lowest BCUT2D eigenvalue weighted by Crippen LogP contribution is -2.48. The van der Waals surface area contributed by atoms with E-state index in [4.69, 9.17) is 5.26 Å². The van der Waals surface area contributed by atoms with Crippen LogP contribution in [0, 0.1) is 11.3 Å². The third-order valence-corrected chi connectivity index (χ3v) is 4.65. The second kappa shape index (κ2) is 6.69. The number of aromatic nitrogens is 1. The zero-order valence-electron chi connectivity index (χ0n) is 12.1. The van der Waals surface area contributed by atoms with Crippen molar-refractivity contribution in [1.29, 1.82) is 5.26 Å². The normalized spacial score (nSPS) is 15.5. The Hall–Kier alpha value is -2.23. The second-order valence-corrected chi connectivity index (χ2v) is 6.22. The van der Waals surface area contributed by atoms with E-state index in [-0.39, 0.29) is 5.91 Å². The van der Waals surface area contributed by atoms with E-state index in [1.54, 1.807) is 35.9 Å². The van der Waals surface area contributed by atoms with Crippen molar-refractivity contribution >= 4 is 17.2 Å². The van der Waals surface area contributed by atoms with Gasteiger partial charge in [-0.25, -0.2) is 0 Å². The van der Waals surface area contributed by atoms with Crippen molar-refractivity contribution < 1.29 is 4.79 Å². The van der Waals surface area contributed by atoms with E-state index in [0.29, 0.717) is 5.56 Å². The predicted molar refractivity (Wildman–Crippen MR) is 84.5 cm³/mol. The van der Waals surface area contributed by atoms with Gasteiger partial charge in [0.05, 0.1) is 11.1 Å². The van der Waals surface area contributed by atoms with Crippen LogP contribution in [-0.4, -0.2) is 46.9 Å². The zero-order valence-corrected chi connectivity index (χ0v) is 12.9. The summed E-state index contributed by atoms with van der Waals surface area (Å²) in [5, 5.41) is 10.7. The summed E-state index contributed by atoms with van der Waals surface area (Å²) in [5.74, 6) is 0.0515. The lowest BCUT2D eigenvalue weighted by molar-refractivity contribution is 0.0629. The van der Waals surface area contributed by atoms with Crippen molar-refractivity contribution in [1.82, 2.24) is 14.8 Å². The molecule has 0 N–H and O–H groups in total. The highest BCUT2D eigenvalue weighted by Crippen LogP contribution is 2.17. The number of rotatable bonds is 3. The molecule has 0 radical (unpaired) electrons. The fraction of sp³-hybridized carbons (Fsp3) is 0.312. The molecule has 3 heterocycles. The molecule has 2 aromatic rings. The molecule has 0 aliphatic carbocycles. The van der Waals surface area contributed by atoms with Gasteiger partial charge in [-0.2, -0.15) is 5.26 Å². The molecule has 0 unspecified atom stereocenters. The molecule has 5 nitrogen and oxygen atoms in total. The number of amides is 1. The van der Waals surface area contributed by atoms with Gasteiger partial charge in [-0.3, -0.25) is 14.7 Å². The third kappa shape index (κ3) is 3.32. The molecule has 0 atom stereocenters. The summed E-state index contributed by atoms with van der Waals surface area (Å²) in [5.41, 5.74) is 1.37. The van der Waals surface area contributed by atoms with Crippen LogP contribution in [0.15, 0.2) is 36.0 Å². The van der Waals surface area contributed by atoms with E-state index in [0.717, 1.165) is 38.3 Å². The first kappa shape index (κ1) is 14.7. The number of nitriles is 1. The van der Waals surface area contributed by atoms with Crippen LogP contribution < -0.4 is 0 Å². The number of hydrogen-bond acceptors (Lipinski definition) is 5. The highest BCUT2D eigenvalue weighted by Gasteiger charge is 2.22. The van der Waals surface area contributed by atoms with Crippen LogP contribution >= 0.6 is 11.3 Å². The molecule has 112 valence electrons. The van der Waals surface area contributed by atoms with Crippen LogP contribution in [0.25, 0.3) is 0 Å². The molecule has 0 saturated carbocycles. The average molecular weight is 312 g/mol. The summed E-state index contributed by atoms with van der Waals surface area (Å²) in [4.78, 5) is 21.7. The molecule has 2 aromatic heterocycles. The standard InChI is InChI=1S/C16H16N4OS/c17-9-13-8-15(22-12-13)11-19-4-6-20(7-5-19)16(21)14-2-1-3-18-10-14/h1-3,8,10,12H,4-7,11H2. The molecule has 1 aliphatic rings. The van der Waals surface area contributed by atoms with Gasteiger partial charge in [0.1, 0.15) is 6.07 Å². The number of carbonyl (C=O) groups is 1. The number of hydrogen-bond donors (Lipinski definition) is 0. The van der Waals surface area contributed by atoms with Crippen LogP contribution in [0.2, 0.25) is 0 Å². The van der Waals surface area contributed by atoms with E-state index in [1.165, 1.54) is 4.88 Å². The van der Waals surface area contributed by atoms with E-state index in [1.807, 2.05) is 16.3 Å². The van der Waals surface area contributed by atoms with Gasteiger partial charge in [-0.05, 0) is 18.2 Å². The van der Waals surface area contributed by atoms with Gasteiger partial charge in [0, 0.05) is 55.4 Å². The van der Waals surface area contributed by atoms with Crippen LogP contribution in [0.3, 0.4) is 0 Å². The average Bonchev–Trinajstić information content (AvgIpc) is 3.03. The second-order valence-electron chi connectivity index (χ2n) is 5.22. The SMILES string of the molecule is N#Cc1csc(CN2CCN(C(=O)c3cccnc3)CC2)c1. The quantitative estimate of drug-likeness (QED) is 0.869. The molecule has 6 heteroatoms. The lowest BCUT2D eigenvalue weighted by Gasteiger charge is -2.34. The lowest BCUT2D eigenvalue weighted by atomic mass is 10.2. The maximum atomic E-state index is 12.3. The minimum absolute atomic E-state index is 0.0515. The topological polar surface area (TPSA) is 60.2 Å². The molecule has 1 aliphatic heterocycles. The van der Waals surface area contributed by atoms with Crippen LogP contribution in [-0.2, 0) is 6.54 Å². The number of piperazine rings is 1. The smallest absolute Gasteiger partial charge is 0.255 e. The van der Waals surface area contributed by atoms with Crippen LogP contribution in [0.1, 0.15) is 20.8 Å². The molecule has 0 bridgehead atoms. The molecular weight excluding hydrogens is 296 g/mol. The van der Waals surface area contributed by atoms with E-state index in [2.05, 4.69) is 16.0 Å². The van der Waals surface area contributed by atoms with Crippen molar-refractivity contribution in [2.24, 2.45) is 0 Å². The highest BCUT2D eigenvalue weighted by molar-refractivity contribution is 7.10. The first-order valence-corrected chi connectivity index (χ1v) is 8.03. The Kier molecular flexibility index (Phi) is 4.47. The van der Waals surface area contributed by atoms with Crippen molar-refractivity contribution in [3.05, 3.63) is 52.0 Å². The first-order valence-electron chi connectivity index (χ1n) is 7.15. The van der Waals surface area contributed by atoms with Crippen molar-refractivity contribution in [3.63, 3.8) is 0 Å². The molecule has 0 spiro atoms. The Balaban J connectivity index is 1.54. The fourth-order valence-corrected chi connectivity index (χ4v) is 3.37. The van der Waals surface area contributed by atoms with Gasteiger partial charge in [0.15, 0.2) is 0 Å². The first-order chi connectivity index (χ1) is 10.8. The molecule has 1 amide bonds. The summed E-state index contributed by atoms with van der Waals surface area (Å²) >= 11 is 1.62. The summed E-state index contributed by atoms with van der Waals surface area (Å²) in [7, 11) is 0. The maximum absolute atomic E-state index is 12.3. The minimum Gasteiger partial charge on any atom is -0.336 e. The number of pyridine rings is 1. The fourth-order valence-electron chi connectivity index (χ4n) is 2.52. The number of thiophene rings is 1. The summed E-state index contributed by atoms with van der Waals surface area (Å²) in [6, 6.07) is 7.69. The Bertz CT molecular complexity index is 684. The molecule has 1 saturated heterocycles. The Labute approximate surface area is 133 Å². The van der Waals surface area contributed by atoms with Gasteiger partial charge in [-0.1, -0.05) is 0 Å². The van der Waals surface area contributed by atoms with Crippen molar-refractivity contribution in [2.75, 3.05) is 26.2 Å².